The molecule has 19 heavy (non-hydrogen) atoms. The number of benzene rings is 1. The molecule has 2 nitrogen and oxygen atoms in total. The van der Waals surface area contributed by atoms with Gasteiger partial charge >= 0.3 is 0 Å². The van der Waals surface area contributed by atoms with E-state index in [2.05, 4.69) is 49.3 Å². The number of carbonyl (C=O) groups excluding carboxylic acids is 1. The number of nitrogens with one attached hydrogen (secondary N) is 1. The van der Waals surface area contributed by atoms with Gasteiger partial charge in [0.1, 0.15) is 0 Å². The highest BCUT2D eigenvalue weighted by atomic mass is 79.9. The molecule has 0 unspecified atom stereocenters. The van der Waals surface area contributed by atoms with Crippen molar-refractivity contribution in [1.82, 2.24) is 5.32 Å². The fourth-order valence-corrected chi connectivity index (χ4v) is 3.50. The van der Waals surface area contributed by atoms with Crippen LogP contribution in [0.1, 0.15) is 28.8 Å². The minimum absolute atomic E-state index is 0.00219. The minimum atomic E-state index is -0.161. The van der Waals surface area contributed by atoms with Gasteiger partial charge in [-0.1, -0.05) is 28.1 Å². The van der Waals surface area contributed by atoms with E-state index in [0.717, 1.165) is 26.7 Å². The summed E-state index contributed by atoms with van der Waals surface area (Å²) in [5, 5.41) is 5.04. The minimum Gasteiger partial charge on any atom is -0.342 e. The predicted molar refractivity (Wildman–Crippen MR) is 84.5 cm³/mol. The third-order valence-electron chi connectivity index (χ3n) is 3.33. The van der Waals surface area contributed by atoms with Gasteiger partial charge in [-0.05, 0) is 52.5 Å². The largest absolute Gasteiger partial charge is 0.342 e. The molecule has 1 saturated carbocycles. The summed E-state index contributed by atoms with van der Waals surface area (Å²) in [5.74, 6) is 0.00219. The highest BCUT2D eigenvalue weighted by Crippen LogP contribution is 2.46. The number of amides is 1. The molecule has 5 heteroatoms. The van der Waals surface area contributed by atoms with Crippen molar-refractivity contribution in [2.75, 3.05) is 0 Å². The molecular weight excluding hydrogens is 390 g/mol. The number of thiophene rings is 1. The zero-order valence-corrected chi connectivity index (χ0v) is 13.9. The van der Waals surface area contributed by atoms with Crippen molar-refractivity contribution < 1.29 is 4.79 Å². The molecule has 1 aromatic carbocycles. The van der Waals surface area contributed by atoms with Crippen LogP contribution in [0.25, 0.3) is 0 Å². The van der Waals surface area contributed by atoms with Crippen molar-refractivity contribution >= 4 is 49.1 Å². The van der Waals surface area contributed by atoms with Crippen LogP contribution in [-0.2, 0) is 5.54 Å². The summed E-state index contributed by atoms with van der Waals surface area (Å²) in [7, 11) is 0. The lowest BCUT2D eigenvalue weighted by atomic mass is 10.0. The quantitative estimate of drug-likeness (QED) is 0.795. The van der Waals surface area contributed by atoms with E-state index in [-0.39, 0.29) is 11.4 Å². The standard InChI is InChI=1S/C14H11Br2NOS/c15-11-3-1-10(2-4-11)14(5-6-14)17-13(18)9-7-12(16)19-8-9/h1-4,7-8H,5-6H2,(H,17,18). The molecule has 1 aliphatic carbocycles. The van der Waals surface area contributed by atoms with Crippen LogP contribution >= 0.6 is 43.2 Å². The topological polar surface area (TPSA) is 29.1 Å². The Bertz CT molecular complexity index is 617. The van der Waals surface area contributed by atoms with E-state index in [1.165, 1.54) is 16.9 Å². The second-order valence-electron chi connectivity index (χ2n) is 4.68. The summed E-state index contributed by atoms with van der Waals surface area (Å²) in [6.07, 6.45) is 2.01. The molecule has 0 bridgehead atoms. The zero-order valence-electron chi connectivity index (χ0n) is 9.95. The average Bonchev–Trinajstić information content (AvgIpc) is 3.03. The highest BCUT2D eigenvalue weighted by molar-refractivity contribution is 9.11. The van der Waals surface area contributed by atoms with Crippen LogP contribution in [0.2, 0.25) is 0 Å². The van der Waals surface area contributed by atoms with Crippen LogP contribution in [-0.4, -0.2) is 5.91 Å². The van der Waals surface area contributed by atoms with Crippen molar-refractivity contribution in [3.05, 3.63) is 55.1 Å². The molecule has 1 aliphatic rings. The number of rotatable bonds is 3. The average molecular weight is 401 g/mol. The first-order valence-corrected chi connectivity index (χ1v) is 8.38. The van der Waals surface area contributed by atoms with Gasteiger partial charge in [-0.15, -0.1) is 11.3 Å². The Balaban J connectivity index is 1.79. The third kappa shape index (κ3) is 2.78. The Hall–Kier alpha value is -0.650. The van der Waals surface area contributed by atoms with E-state index < -0.39 is 0 Å². The SMILES string of the molecule is O=C(NC1(c2ccc(Br)cc2)CC1)c1csc(Br)c1. The summed E-state index contributed by atoms with van der Waals surface area (Å²) in [6.45, 7) is 0. The van der Waals surface area contributed by atoms with Gasteiger partial charge in [0.15, 0.2) is 0 Å². The summed E-state index contributed by atoms with van der Waals surface area (Å²) in [5.41, 5.74) is 1.74. The van der Waals surface area contributed by atoms with E-state index in [9.17, 15) is 4.79 Å². The van der Waals surface area contributed by atoms with Crippen LogP contribution in [0.4, 0.5) is 0 Å². The molecule has 0 saturated heterocycles. The van der Waals surface area contributed by atoms with Gasteiger partial charge in [-0.3, -0.25) is 4.79 Å². The Morgan fingerprint density at radius 2 is 1.89 bits per heavy atom. The van der Waals surface area contributed by atoms with Crippen LogP contribution in [0, 0.1) is 0 Å². The molecule has 0 atom stereocenters. The molecule has 3 rings (SSSR count). The maximum absolute atomic E-state index is 12.2. The van der Waals surface area contributed by atoms with E-state index in [1.807, 2.05) is 23.6 Å². The summed E-state index contributed by atoms with van der Waals surface area (Å²) >= 11 is 8.34. The highest BCUT2D eigenvalue weighted by Gasteiger charge is 2.45. The molecule has 98 valence electrons. The van der Waals surface area contributed by atoms with Crippen LogP contribution < -0.4 is 5.32 Å². The molecule has 0 spiro atoms. The van der Waals surface area contributed by atoms with Crippen molar-refractivity contribution in [2.45, 2.75) is 18.4 Å². The Morgan fingerprint density at radius 1 is 1.21 bits per heavy atom. The van der Waals surface area contributed by atoms with Gasteiger partial charge in [0.2, 0.25) is 0 Å². The number of hydrogen-bond donors (Lipinski definition) is 1. The molecule has 1 amide bonds. The van der Waals surface area contributed by atoms with Gasteiger partial charge in [-0.25, -0.2) is 0 Å². The monoisotopic (exact) mass is 399 g/mol. The smallest absolute Gasteiger partial charge is 0.252 e. The molecule has 0 aliphatic heterocycles. The lowest BCUT2D eigenvalue weighted by molar-refractivity contribution is 0.0931. The van der Waals surface area contributed by atoms with Crippen LogP contribution in [0.15, 0.2) is 44.0 Å². The van der Waals surface area contributed by atoms with E-state index in [4.69, 9.17) is 0 Å². The second-order valence-corrected chi connectivity index (χ2v) is 7.89. The number of carbonyl (C=O) groups is 1. The first-order chi connectivity index (χ1) is 9.09. The fraction of sp³-hybridized carbons (Fsp3) is 0.214. The lowest BCUT2D eigenvalue weighted by Gasteiger charge is -2.17. The van der Waals surface area contributed by atoms with E-state index >= 15 is 0 Å². The van der Waals surface area contributed by atoms with E-state index in [0.29, 0.717) is 0 Å². The molecule has 2 aromatic rings. The van der Waals surface area contributed by atoms with Crippen molar-refractivity contribution in [2.24, 2.45) is 0 Å². The first-order valence-electron chi connectivity index (χ1n) is 5.92. The predicted octanol–water partition coefficient (Wildman–Crippen LogP) is 4.69. The van der Waals surface area contributed by atoms with Crippen LogP contribution in [0.5, 0.6) is 0 Å². The number of hydrogen-bond acceptors (Lipinski definition) is 2. The maximum atomic E-state index is 12.2. The van der Waals surface area contributed by atoms with Crippen LogP contribution in [0.3, 0.4) is 0 Å². The maximum Gasteiger partial charge on any atom is 0.252 e. The number of halogens is 2. The molecule has 1 N–H and O–H groups in total. The zero-order chi connectivity index (χ0) is 13.5. The van der Waals surface area contributed by atoms with Gasteiger partial charge in [-0.2, -0.15) is 0 Å². The molecule has 0 radical (unpaired) electrons. The molecule has 1 fully saturated rings. The van der Waals surface area contributed by atoms with Gasteiger partial charge in [0, 0.05) is 9.85 Å². The third-order valence-corrected chi connectivity index (χ3v) is 5.36. The van der Waals surface area contributed by atoms with E-state index in [1.54, 1.807) is 0 Å². The fourth-order valence-electron chi connectivity index (χ4n) is 2.10. The first kappa shape index (κ1) is 13.3. The Labute approximate surface area is 132 Å². The Morgan fingerprint density at radius 3 is 2.42 bits per heavy atom. The van der Waals surface area contributed by atoms with Crippen molar-refractivity contribution in [1.29, 1.82) is 0 Å². The summed E-state index contributed by atoms with van der Waals surface area (Å²) in [6, 6.07) is 10.0. The normalized spacial score (nSPS) is 16.1. The second kappa shape index (κ2) is 5.04. The van der Waals surface area contributed by atoms with Gasteiger partial charge < -0.3 is 5.32 Å². The van der Waals surface area contributed by atoms with Crippen molar-refractivity contribution in [3.63, 3.8) is 0 Å². The van der Waals surface area contributed by atoms with Gasteiger partial charge in [0.05, 0.1) is 14.9 Å². The molecule has 1 heterocycles. The molecule has 1 aromatic heterocycles. The van der Waals surface area contributed by atoms with Crippen molar-refractivity contribution in [3.8, 4) is 0 Å². The Kier molecular flexibility index (Phi) is 3.53. The summed E-state index contributed by atoms with van der Waals surface area (Å²) < 4.78 is 2.03. The molecular formula is C14H11Br2NOS. The lowest BCUT2D eigenvalue weighted by Crippen LogP contribution is -2.34. The summed E-state index contributed by atoms with van der Waals surface area (Å²) in [4.78, 5) is 12.2. The van der Waals surface area contributed by atoms with Gasteiger partial charge in [0.25, 0.3) is 5.91 Å².